The second-order valence-corrected chi connectivity index (χ2v) is 7.55. The lowest BCUT2D eigenvalue weighted by atomic mass is 9.98. The molecule has 0 radical (unpaired) electrons. The van der Waals surface area contributed by atoms with Gasteiger partial charge < -0.3 is 19.4 Å². The molecule has 3 rings (SSSR count). The maximum absolute atomic E-state index is 13.1. The van der Waals surface area contributed by atoms with Crippen LogP contribution in [0.5, 0.6) is 5.75 Å². The van der Waals surface area contributed by atoms with Crippen molar-refractivity contribution in [2.75, 3.05) is 45.7 Å². The number of rotatable bonds is 5. The van der Waals surface area contributed by atoms with Crippen molar-refractivity contribution in [3.05, 3.63) is 24.3 Å². The minimum absolute atomic E-state index is 0.0229. The number of likely N-dealkylation sites (N-methyl/N-ethyl adjacent to an activating group) is 1. The Hall–Kier alpha value is -2.08. The van der Waals surface area contributed by atoms with Crippen LogP contribution in [-0.2, 0) is 9.59 Å². The van der Waals surface area contributed by atoms with E-state index in [0.29, 0.717) is 13.0 Å². The number of anilines is 1. The Bertz CT molecular complexity index is 644. The third kappa shape index (κ3) is 4.01. The highest BCUT2D eigenvalue weighted by Gasteiger charge is 2.39. The van der Waals surface area contributed by atoms with E-state index in [4.69, 9.17) is 4.74 Å². The van der Waals surface area contributed by atoms with Crippen molar-refractivity contribution in [1.82, 2.24) is 9.80 Å². The zero-order valence-corrected chi connectivity index (χ0v) is 16.0. The summed E-state index contributed by atoms with van der Waals surface area (Å²) in [6.45, 7) is 2.16. The lowest BCUT2D eigenvalue weighted by Gasteiger charge is -2.38. The molecule has 2 fully saturated rings. The Kier molecular flexibility index (Phi) is 5.81. The number of piperidine rings is 1. The Labute approximate surface area is 155 Å². The van der Waals surface area contributed by atoms with Crippen LogP contribution in [0, 0.1) is 5.92 Å². The first-order valence-electron chi connectivity index (χ1n) is 9.39. The molecule has 2 aliphatic rings. The minimum Gasteiger partial charge on any atom is -0.497 e. The van der Waals surface area contributed by atoms with Crippen LogP contribution in [0.15, 0.2) is 24.3 Å². The van der Waals surface area contributed by atoms with Gasteiger partial charge in [-0.05, 0) is 57.6 Å². The van der Waals surface area contributed by atoms with Crippen molar-refractivity contribution in [3.63, 3.8) is 0 Å². The van der Waals surface area contributed by atoms with Gasteiger partial charge in [-0.25, -0.2) is 0 Å². The van der Waals surface area contributed by atoms with E-state index in [-0.39, 0.29) is 23.8 Å². The van der Waals surface area contributed by atoms with Gasteiger partial charge in [-0.1, -0.05) is 0 Å². The summed E-state index contributed by atoms with van der Waals surface area (Å²) in [5.74, 6) is 0.677. The topological polar surface area (TPSA) is 53.1 Å². The molecule has 0 aromatic heterocycles. The summed E-state index contributed by atoms with van der Waals surface area (Å²) in [5, 5.41) is 0. The fourth-order valence-corrected chi connectivity index (χ4v) is 4.02. The predicted octanol–water partition coefficient (Wildman–Crippen LogP) is 1.99. The van der Waals surface area contributed by atoms with Crippen LogP contribution in [-0.4, -0.2) is 68.5 Å². The molecule has 0 spiro atoms. The minimum atomic E-state index is -0.243. The van der Waals surface area contributed by atoms with Crippen LogP contribution in [0.25, 0.3) is 0 Å². The van der Waals surface area contributed by atoms with Gasteiger partial charge in [0.1, 0.15) is 5.75 Å². The summed E-state index contributed by atoms with van der Waals surface area (Å²) in [6.07, 6.45) is 3.57. The van der Waals surface area contributed by atoms with Crippen molar-refractivity contribution in [3.8, 4) is 5.75 Å². The van der Waals surface area contributed by atoms with E-state index in [0.717, 1.165) is 37.4 Å². The number of carbonyl (C=O) groups excluding carboxylic acids is 2. The number of amides is 2. The molecule has 2 amide bonds. The first-order valence-corrected chi connectivity index (χ1v) is 9.39. The molecule has 1 aromatic rings. The monoisotopic (exact) mass is 359 g/mol. The molecule has 0 saturated carbocycles. The Balaban J connectivity index is 1.69. The van der Waals surface area contributed by atoms with Crippen LogP contribution >= 0.6 is 0 Å². The molecular formula is C20H29N3O3. The second kappa shape index (κ2) is 8.08. The molecule has 1 aromatic carbocycles. The predicted molar refractivity (Wildman–Crippen MR) is 101 cm³/mol. The molecular weight excluding hydrogens is 330 g/mol. The second-order valence-electron chi connectivity index (χ2n) is 7.55. The molecule has 6 nitrogen and oxygen atoms in total. The first-order chi connectivity index (χ1) is 12.5. The van der Waals surface area contributed by atoms with Crippen LogP contribution in [0.1, 0.15) is 25.7 Å². The van der Waals surface area contributed by atoms with Crippen LogP contribution in [0.3, 0.4) is 0 Å². The van der Waals surface area contributed by atoms with E-state index < -0.39 is 0 Å². The van der Waals surface area contributed by atoms with Gasteiger partial charge in [-0.2, -0.15) is 0 Å². The standard InChI is InChI=1S/C20H29N3O3/c1-21(2)14-17-6-4-5-11-22(17)20(25)15-12-19(24)23(13-15)16-7-9-18(26-3)10-8-16/h7-10,15,17H,4-6,11-14H2,1-3H3/t15-,17+/m1/s1. The average molecular weight is 359 g/mol. The SMILES string of the molecule is COc1ccc(N2C[C@H](C(=O)N3CCCC[C@H]3CN(C)C)CC2=O)cc1. The van der Waals surface area contributed by atoms with E-state index in [2.05, 4.69) is 4.90 Å². The molecule has 2 aliphatic heterocycles. The quantitative estimate of drug-likeness (QED) is 0.807. The number of hydrogen-bond acceptors (Lipinski definition) is 4. The van der Waals surface area contributed by atoms with Crippen molar-refractivity contribution in [2.45, 2.75) is 31.7 Å². The molecule has 26 heavy (non-hydrogen) atoms. The highest BCUT2D eigenvalue weighted by Crippen LogP contribution is 2.29. The number of ether oxygens (including phenoxy) is 1. The number of hydrogen-bond donors (Lipinski definition) is 0. The van der Waals surface area contributed by atoms with Crippen molar-refractivity contribution in [1.29, 1.82) is 0 Å². The van der Waals surface area contributed by atoms with Crippen molar-refractivity contribution >= 4 is 17.5 Å². The third-order valence-electron chi connectivity index (χ3n) is 5.34. The van der Waals surface area contributed by atoms with Crippen LogP contribution in [0.2, 0.25) is 0 Å². The first kappa shape index (κ1) is 18.7. The van der Waals surface area contributed by atoms with E-state index >= 15 is 0 Å². The lowest BCUT2D eigenvalue weighted by molar-refractivity contribution is -0.139. The molecule has 2 heterocycles. The third-order valence-corrected chi connectivity index (χ3v) is 5.34. The van der Waals surface area contributed by atoms with Gasteiger partial charge in [-0.15, -0.1) is 0 Å². The summed E-state index contributed by atoms with van der Waals surface area (Å²) in [4.78, 5) is 31.5. The Morgan fingerprint density at radius 3 is 2.62 bits per heavy atom. The van der Waals surface area contributed by atoms with Gasteiger partial charge in [-0.3, -0.25) is 9.59 Å². The Morgan fingerprint density at radius 2 is 1.96 bits per heavy atom. The van der Waals surface area contributed by atoms with Gasteiger partial charge in [0, 0.05) is 37.8 Å². The lowest BCUT2D eigenvalue weighted by Crippen LogP contribution is -2.50. The average Bonchev–Trinajstić information content (AvgIpc) is 3.03. The Morgan fingerprint density at radius 1 is 1.23 bits per heavy atom. The molecule has 0 aliphatic carbocycles. The van der Waals surface area contributed by atoms with Gasteiger partial charge in [0.05, 0.1) is 13.0 Å². The number of carbonyl (C=O) groups is 2. The summed E-state index contributed by atoms with van der Waals surface area (Å²) < 4.78 is 5.17. The molecule has 2 atom stereocenters. The van der Waals surface area contributed by atoms with E-state index in [9.17, 15) is 9.59 Å². The zero-order valence-electron chi connectivity index (χ0n) is 16.0. The zero-order chi connectivity index (χ0) is 18.7. The van der Waals surface area contributed by atoms with Crippen LogP contribution < -0.4 is 9.64 Å². The normalized spacial score (nSPS) is 23.6. The fraction of sp³-hybridized carbons (Fsp3) is 0.600. The molecule has 0 unspecified atom stereocenters. The number of benzene rings is 1. The molecule has 6 heteroatoms. The highest BCUT2D eigenvalue weighted by molar-refractivity contribution is 6.00. The maximum atomic E-state index is 13.1. The van der Waals surface area contributed by atoms with Crippen LogP contribution in [0.4, 0.5) is 5.69 Å². The largest absolute Gasteiger partial charge is 0.497 e. The van der Waals surface area contributed by atoms with Gasteiger partial charge >= 0.3 is 0 Å². The molecule has 0 N–H and O–H groups in total. The number of methoxy groups -OCH3 is 1. The highest BCUT2D eigenvalue weighted by atomic mass is 16.5. The van der Waals surface area contributed by atoms with Gasteiger partial charge in [0.2, 0.25) is 11.8 Å². The van der Waals surface area contributed by atoms with Crippen molar-refractivity contribution in [2.24, 2.45) is 5.92 Å². The summed E-state index contributed by atoms with van der Waals surface area (Å²) in [7, 11) is 5.71. The van der Waals surface area contributed by atoms with E-state index in [1.54, 1.807) is 12.0 Å². The van der Waals surface area contributed by atoms with Crippen molar-refractivity contribution < 1.29 is 14.3 Å². The number of likely N-dealkylation sites (tertiary alicyclic amines) is 1. The summed E-state index contributed by atoms with van der Waals surface area (Å²) in [6, 6.07) is 7.69. The molecule has 0 bridgehead atoms. The number of nitrogens with zero attached hydrogens (tertiary/aromatic N) is 3. The van der Waals surface area contributed by atoms with Gasteiger partial charge in [0.25, 0.3) is 0 Å². The smallest absolute Gasteiger partial charge is 0.228 e. The summed E-state index contributed by atoms with van der Waals surface area (Å²) >= 11 is 0. The molecule has 2 saturated heterocycles. The van der Waals surface area contributed by atoms with Gasteiger partial charge in [0.15, 0.2) is 0 Å². The molecule has 142 valence electrons. The maximum Gasteiger partial charge on any atom is 0.228 e. The van der Waals surface area contributed by atoms with E-state index in [1.807, 2.05) is 43.3 Å². The fourth-order valence-electron chi connectivity index (χ4n) is 4.02. The van der Waals surface area contributed by atoms with E-state index in [1.165, 1.54) is 6.42 Å². The summed E-state index contributed by atoms with van der Waals surface area (Å²) in [5.41, 5.74) is 0.828.